The largest absolute Gasteiger partial charge is 0.481 e. The molecule has 1 aromatic carbocycles. The molecular weight excluding hydrogens is 190 g/mol. The van der Waals surface area contributed by atoms with Gasteiger partial charge in [0.15, 0.2) is 0 Å². The van der Waals surface area contributed by atoms with Crippen LogP contribution in [-0.2, 0) is 4.79 Å². The molecule has 0 radical (unpaired) electrons. The lowest BCUT2D eigenvalue weighted by Gasteiger charge is -2.01. The van der Waals surface area contributed by atoms with Crippen molar-refractivity contribution in [2.45, 2.75) is 13.3 Å². The van der Waals surface area contributed by atoms with Crippen LogP contribution < -0.4 is 0 Å². The predicted molar refractivity (Wildman–Crippen MR) is 61.6 cm³/mol. The van der Waals surface area contributed by atoms with Gasteiger partial charge in [0, 0.05) is 5.56 Å². The van der Waals surface area contributed by atoms with Crippen LogP contribution in [0.2, 0.25) is 0 Å². The number of nitrogens with zero attached hydrogens (tertiary/aromatic N) is 1. The quantitative estimate of drug-likeness (QED) is 0.765. The Balaban J connectivity index is 2.96. The summed E-state index contributed by atoms with van der Waals surface area (Å²) in [7, 11) is 0. The van der Waals surface area contributed by atoms with E-state index in [2.05, 4.69) is 11.7 Å². The monoisotopic (exact) mass is 203 g/mol. The summed E-state index contributed by atoms with van der Waals surface area (Å²) in [5.41, 5.74) is 2.45. The summed E-state index contributed by atoms with van der Waals surface area (Å²) in [5.74, 6) is -0.826. The second-order valence-electron chi connectivity index (χ2n) is 3.28. The molecule has 0 spiro atoms. The Kier molecular flexibility index (Phi) is 3.80. The Labute approximate surface area is 88.8 Å². The number of carboxylic acids is 1. The van der Waals surface area contributed by atoms with Crippen LogP contribution >= 0.6 is 0 Å². The van der Waals surface area contributed by atoms with Gasteiger partial charge in [-0.05, 0) is 19.7 Å². The number of aliphatic carboxylic acids is 1. The minimum Gasteiger partial charge on any atom is -0.481 e. The van der Waals surface area contributed by atoms with Crippen molar-refractivity contribution in [2.75, 3.05) is 0 Å². The molecule has 0 aliphatic heterocycles. The number of rotatable bonds is 4. The molecule has 0 saturated carbocycles. The zero-order valence-electron chi connectivity index (χ0n) is 8.60. The molecule has 0 aliphatic rings. The van der Waals surface area contributed by atoms with E-state index in [9.17, 15) is 4.79 Å². The zero-order chi connectivity index (χ0) is 11.3. The van der Waals surface area contributed by atoms with Crippen LogP contribution in [0.3, 0.4) is 0 Å². The van der Waals surface area contributed by atoms with E-state index in [1.54, 1.807) is 6.92 Å². The van der Waals surface area contributed by atoms with Crippen LogP contribution in [0.1, 0.15) is 18.9 Å². The van der Waals surface area contributed by atoms with E-state index in [0.29, 0.717) is 0 Å². The van der Waals surface area contributed by atoms with Crippen molar-refractivity contribution >= 4 is 24.5 Å². The predicted octanol–water partition coefficient (Wildman–Crippen LogP) is 2.90. The molecule has 0 fully saturated rings. The van der Waals surface area contributed by atoms with Crippen LogP contribution in [0.5, 0.6) is 0 Å². The van der Waals surface area contributed by atoms with E-state index in [1.807, 2.05) is 30.3 Å². The molecule has 3 nitrogen and oxygen atoms in total. The van der Waals surface area contributed by atoms with Gasteiger partial charge < -0.3 is 5.11 Å². The molecule has 0 heterocycles. The Morgan fingerprint density at radius 1 is 1.53 bits per heavy atom. The molecule has 15 heavy (non-hydrogen) atoms. The van der Waals surface area contributed by atoms with Gasteiger partial charge in [-0.1, -0.05) is 29.8 Å². The van der Waals surface area contributed by atoms with E-state index in [4.69, 9.17) is 5.11 Å². The molecule has 78 valence electrons. The number of aliphatic imine (C=N–C) groups is 1. The Hall–Kier alpha value is -1.90. The lowest BCUT2D eigenvalue weighted by atomic mass is 10.1. The number of benzene rings is 1. The molecule has 0 bridgehead atoms. The van der Waals surface area contributed by atoms with Crippen molar-refractivity contribution in [2.24, 2.45) is 4.99 Å². The smallest absolute Gasteiger partial charge is 0.307 e. The summed E-state index contributed by atoms with van der Waals surface area (Å²) in [6.45, 7) is 5.25. The fraction of sp³-hybridized carbons (Fsp3) is 0.167. The van der Waals surface area contributed by atoms with Crippen LogP contribution in [-0.4, -0.2) is 17.8 Å². The highest BCUT2D eigenvalue weighted by molar-refractivity contribution is 5.74. The number of hydrogen-bond acceptors (Lipinski definition) is 2. The summed E-state index contributed by atoms with van der Waals surface area (Å²) in [6.07, 6.45) is 1.86. The second-order valence-corrected chi connectivity index (χ2v) is 3.28. The molecule has 3 heteroatoms. The number of carboxylic acid groups (broad SMARTS) is 1. The summed E-state index contributed by atoms with van der Waals surface area (Å²) in [4.78, 5) is 14.3. The van der Waals surface area contributed by atoms with Crippen molar-refractivity contribution in [3.05, 3.63) is 35.4 Å². The standard InChI is InChI=1S/C12H13NO2/c1-9(8-12(14)15)7-10-5-3-4-6-11(10)13-2/h3-7H,2,8H2,1H3,(H,14,15)/b9-7+. The van der Waals surface area contributed by atoms with E-state index in [0.717, 1.165) is 16.8 Å². The van der Waals surface area contributed by atoms with Gasteiger partial charge >= 0.3 is 5.97 Å². The lowest BCUT2D eigenvalue weighted by molar-refractivity contribution is -0.136. The summed E-state index contributed by atoms with van der Waals surface area (Å²) < 4.78 is 0. The first kappa shape index (κ1) is 11.2. The van der Waals surface area contributed by atoms with Gasteiger partial charge in [0.05, 0.1) is 12.1 Å². The van der Waals surface area contributed by atoms with Crippen LogP contribution in [0.15, 0.2) is 34.8 Å². The van der Waals surface area contributed by atoms with Gasteiger partial charge in [-0.2, -0.15) is 0 Å². The van der Waals surface area contributed by atoms with Crippen molar-refractivity contribution in [3.8, 4) is 0 Å². The van der Waals surface area contributed by atoms with Crippen molar-refractivity contribution in [1.29, 1.82) is 0 Å². The second kappa shape index (κ2) is 5.10. The van der Waals surface area contributed by atoms with Crippen LogP contribution in [0.25, 0.3) is 6.08 Å². The molecule has 0 aromatic heterocycles. The third-order valence-electron chi connectivity index (χ3n) is 1.94. The van der Waals surface area contributed by atoms with Crippen LogP contribution in [0, 0.1) is 0 Å². The molecule has 0 aliphatic carbocycles. The summed E-state index contributed by atoms with van der Waals surface area (Å²) >= 11 is 0. The fourth-order valence-electron chi connectivity index (χ4n) is 1.31. The Morgan fingerprint density at radius 3 is 2.80 bits per heavy atom. The molecule has 1 N–H and O–H groups in total. The summed E-state index contributed by atoms with van der Waals surface area (Å²) in [5, 5.41) is 8.61. The average Bonchev–Trinajstić information content (AvgIpc) is 2.17. The first-order valence-corrected chi connectivity index (χ1v) is 4.58. The van der Waals surface area contributed by atoms with Crippen LogP contribution in [0.4, 0.5) is 5.69 Å². The lowest BCUT2D eigenvalue weighted by Crippen LogP contribution is -1.94. The zero-order valence-corrected chi connectivity index (χ0v) is 8.60. The number of carbonyl (C=O) groups is 1. The van der Waals surface area contributed by atoms with Gasteiger partial charge in [0.1, 0.15) is 0 Å². The Bertz CT molecular complexity index is 408. The highest BCUT2D eigenvalue weighted by Crippen LogP contribution is 2.21. The topological polar surface area (TPSA) is 49.7 Å². The van der Waals surface area contributed by atoms with Crippen molar-refractivity contribution in [3.63, 3.8) is 0 Å². The van der Waals surface area contributed by atoms with Gasteiger partial charge in [0.2, 0.25) is 0 Å². The maximum absolute atomic E-state index is 10.5. The van der Waals surface area contributed by atoms with E-state index >= 15 is 0 Å². The number of para-hydroxylation sites is 1. The molecule has 0 atom stereocenters. The third-order valence-corrected chi connectivity index (χ3v) is 1.94. The maximum Gasteiger partial charge on any atom is 0.307 e. The van der Waals surface area contributed by atoms with Crippen molar-refractivity contribution < 1.29 is 9.90 Å². The van der Waals surface area contributed by atoms with E-state index in [1.165, 1.54) is 0 Å². The van der Waals surface area contributed by atoms with Crippen molar-refractivity contribution in [1.82, 2.24) is 0 Å². The Morgan fingerprint density at radius 2 is 2.20 bits per heavy atom. The van der Waals surface area contributed by atoms with Gasteiger partial charge in [0.25, 0.3) is 0 Å². The minimum atomic E-state index is -0.826. The minimum absolute atomic E-state index is 0.0471. The molecule has 0 saturated heterocycles. The molecular formula is C12H13NO2. The molecule has 1 aromatic rings. The highest BCUT2D eigenvalue weighted by atomic mass is 16.4. The number of hydrogen-bond donors (Lipinski definition) is 1. The SMILES string of the molecule is C=Nc1ccccc1/C=C(\C)CC(=O)O. The molecule has 0 amide bonds. The highest BCUT2D eigenvalue weighted by Gasteiger charge is 2.00. The van der Waals surface area contributed by atoms with Gasteiger partial charge in [-0.25, -0.2) is 0 Å². The van der Waals surface area contributed by atoms with E-state index < -0.39 is 5.97 Å². The fourth-order valence-corrected chi connectivity index (χ4v) is 1.31. The average molecular weight is 203 g/mol. The first-order valence-electron chi connectivity index (χ1n) is 4.58. The van der Waals surface area contributed by atoms with Gasteiger partial charge in [-0.15, -0.1) is 0 Å². The molecule has 1 rings (SSSR count). The first-order chi connectivity index (χ1) is 7.13. The summed E-state index contributed by atoms with van der Waals surface area (Å²) in [6, 6.07) is 7.48. The van der Waals surface area contributed by atoms with E-state index in [-0.39, 0.29) is 6.42 Å². The maximum atomic E-state index is 10.5. The van der Waals surface area contributed by atoms with Gasteiger partial charge in [-0.3, -0.25) is 9.79 Å². The normalized spacial score (nSPS) is 11.1. The third kappa shape index (κ3) is 3.38. The molecule has 0 unspecified atom stereocenters.